The summed E-state index contributed by atoms with van der Waals surface area (Å²) < 4.78 is 0. The number of aromatic nitrogens is 4. The molecule has 0 aliphatic heterocycles. The van der Waals surface area contributed by atoms with Gasteiger partial charge in [0, 0.05) is 17.3 Å². The number of hydrogen-bond donors (Lipinski definition) is 3. The first-order chi connectivity index (χ1) is 11.6. The highest BCUT2D eigenvalue weighted by Crippen LogP contribution is 2.30. The quantitative estimate of drug-likeness (QED) is 0.629. The fourth-order valence-corrected chi connectivity index (χ4v) is 2.43. The lowest BCUT2D eigenvalue weighted by atomic mass is 9.99. The lowest BCUT2D eigenvalue weighted by Crippen LogP contribution is -2.04. The van der Waals surface area contributed by atoms with Gasteiger partial charge in [-0.05, 0) is 29.2 Å². The zero-order chi connectivity index (χ0) is 17.1. The maximum Gasteiger partial charge on any atom is 0.336 e. The number of carboxylic acid groups (broad SMARTS) is 1. The number of nitrogens with one attached hydrogen (secondary N) is 2. The van der Waals surface area contributed by atoms with Crippen LogP contribution in [0.15, 0.2) is 36.5 Å². The molecule has 2 aromatic carbocycles. The summed E-state index contributed by atoms with van der Waals surface area (Å²) in [5, 5.41) is 36.5. The number of carboxylic acids is 1. The molecule has 8 heteroatoms. The Morgan fingerprint density at radius 2 is 2.21 bits per heavy atom. The van der Waals surface area contributed by atoms with Gasteiger partial charge in [0.1, 0.15) is 11.6 Å². The van der Waals surface area contributed by atoms with Crippen LogP contribution in [0.5, 0.6) is 0 Å². The third kappa shape index (κ3) is 2.66. The van der Waals surface area contributed by atoms with Gasteiger partial charge in [-0.2, -0.15) is 10.5 Å². The molecule has 0 saturated carbocycles. The molecule has 0 aliphatic rings. The Bertz CT molecular complexity index is 986. The van der Waals surface area contributed by atoms with Crippen LogP contribution in [0.1, 0.15) is 21.7 Å². The fraction of sp³-hybridized carbons (Fsp3) is 0.0625. The second-order valence-electron chi connectivity index (χ2n) is 5.00. The van der Waals surface area contributed by atoms with Gasteiger partial charge in [-0.1, -0.05) is 24.3 Å². The van der Waals surface area contributed by atoms with Gasteiger partial charge in [0.25, 0.3) is 0 Å². The number of fused-ring (bicyclic) bond motifs is 1. The molecule has 3 N–H and O–H groups in total. The summed E-state index contributed by atoms with van der Waals surface area (Å²) in [4.78, 5) is 11.5. The zero-order valence-electron chi connectivity index (χ0n) is 12.6. The number of nitrogens with zero attached hydrogens (tertiary/aromatic N) is 4. The van der Waals surface area contributed by atoms with E-state index in [1.165, 1.54) is 6.20 Å². The minimum absolute atomic E-state index is 0.154. The molecule has 0 aliphatic carbocycles. The smallest absolute Gasteiger partial charge is 0.336 e. The van der Waals surface area contributed by atoms with Gasteiger partial charge in [-0.15, -0.1) is 10.2 Å². The van der Waals surface area contributed by atoms with E-state index in [0.717, 1.165) is 10.8 Å². The number of carbonyl (C=O) groups is 1. The van der Waals surface area contributed by atoms with Gasteiger partial charge >= 0.3 is 5.97 Å². The van der Waals surface area contributed by atoms with Crippen LogP contribution >= 0.6 is 0 Å². The van der Waals surface area contributed by atoms with Crippen LogP contribution in [-0.2, 0) is 0 Å². The summed E-state index contributed by atoms with van der Waals surface area (Å²) in [6.07, 6.45) is 1.44. The number of aromatic carboxylic acids is 1. The van der Waals surface area contributed by atoms with Crippen molar-refractivity contribution in [1.29, 1.82) is 5.26 Å². The Hall–Kier alpha value is -3.73. The van der Waals surface area contributed by atoms with Crippen molar-refractivity contribution in [1.82, 2.24) is 20.6 Å². The van der Waals surface area contributed by atoms with E-state index in [0.29, 0.717) is 11.3 Å². The highest BCUT2D eigenvalue weighted by molar-refractivity contribution is 6.03. The van der Waals surface area contributed by atoms with Crippen LogP contribution in [0.2, 0.25) is 0 Å². The lowest BCUT2D eigenvalue weighted by molar-refractivity contribution is 0.0696. The molecular formula is C16H12N6O2. The molecule has 0 amide bonds. The van der Waals surface area contributed by atoms with Crippen LogP contribution < -0.4 is 5.32 Å². The molecule has 3 rings (SSSR count). The predicted molar refractivity (Wildman–Crippen MR) is 87.0 cm³/mol. The van der Waals surface area contributed by atoms with Crippen LogP contribution in [0.3, 0.4) is 0 Å². The van der Waals surface area contributed by atoms with E-state index in [1.807, 2.05) is 30.3 Å². The molecule has 0 spiro atoms. The summed E-state index contributed by atoms with van der Waals surface area (Å²) in [5.41, 5.74) is 1.56. The van der Waals surface area contributed by atoms with Gasteiger partial charge in [0.15, 0.2) is 0 Å². The molecule has 1 aromatic heterocycles. The number of benzene rings is 2. The fourth-order valence-electron chi connectivity index (χ4n) is 2.43. The number of aromatic amines is 1. The number of rotatable bonds is 4. The monoisotopic (exact) mass is 320 g/mol. The molecule has 0 bridgehead atoms. The summed E-state index contributed by atoms with van der Waals surface area (Å²) in [6.45, 7) is 1.71. The minimum atomic E-state index is -1.01. The van der Waals surface area contributed by atoms with Crippen molar-refractivity contribution in [2.45, 2.75) is 6.92 Å². The van der Waals surface area contributed by atoms with Crippen molar-refractivity contribution < 1.29 is 9.90 Å². The van der Waals surface area contributed by atoms with Crippen molar-refractivity contribution in [3.05, 3.63) is 53.5 Å². The molecule has 8 nitrogen and oxygen atoms in total. The van der Waals surface area contributed by atoms with Crippen LogP contribution in [-0.4, -0.2) is 31.7 Å². The molecule has 0 atom stereocenters. The van der Waals surface area contributed by atoms with E-state index >= 15 is 0 Å². The molecule has 1 heterocycles. The first-order valence-corrected chi connectivity index (χ1v) is 6.98. The van der Waals surface area contributed by atoms with Gasteiger partial charge in [-0.25, -0.2) is 4.79 Å². The topological polar surface area (TPSA) is 128 Å². The van der Waals surface area contributed by atoms with E-state index in [2.05, 4.69) is 25.9 Å². The Labute approximate surface area is 136 Å². The summed E-state index contributed by atoms with van der Waals surface area (Å²) in [5.74, 6) is -0.856. The molecule has 0 saturated heterocycles. The van der Waals surface area contributed by atoms with Crippen molar-refractivity contribution in [2.75, 3.05) is 5.32 Å². The molecule has 0 unspecified atom stereocenters. The van der Waals surface area contributed by atoms with Crippen LogP contribution in [0.25, 0.3) is 16.3 Å². The zero-order valence-corrected chi connectivity index (χ0v) is 12.6. The van der Waals surface area contributed by atoms with E-state index in [4.69, 9.17) is 0 Å². The molecule has 0 fully saturated rings. The van der Waals surface area contributed by atoms with Crippen molar-refractivity contribution in [2.24, 2.45) is 0 Å². The predicted octanol–water partition coefficient (Wildman–Crippen LogP) is 2.34. The van der Waals surface area contributed by atoms with Gasteiger partial charge in [0.2, 0.25) is 5.82 Å². The minimum Gasteiger partial charge on any atom is -0.478 e. The van der Waals surface area contributed by atoms with Crippen LogP contribution in [0, 0.1) is 18.3 Å². The van der Waals surface area contributed by atoms with E-state index in [-0.39, 0.29) is 17.0 Å². The second kappa shape index (κ2) is 6.18. The van der Waals surface area contributed by atoms with Crippen molar-refractivity contribution in [3.8, 4) is 6.07 Å². The lowest BCUT2D eigenvalue weighted by Gasteiger charge is -2.13. The molecule has 24 heavy (non-hydrogen) atoms. The number of hydrogen-bond acceptors (Lipinski definition) is 6. The van der Waals surface area contributed by atoms with E-state index < -0.39 is 5.97 Å². The number of anilines is 1. The average molecular weight is 320 g/mol. The normalized spacial score (nSPS) is 11.2. The third-order valence-corrected chi connectivity index (χ3v) is 3.61. The first kappa shape index (κ1) is 15.2. The maximum absolute atomic E-state index is 11.5. The largest absolute Gasteiger partial charge is 0.478 e. The molecule has 0 radical (unpaired) electrons. The van der Waals surface area contributed by atoms with Gasteiger partial charge in [-0.3, -0.25) is 0 Å². The summed E-state index contributed by atoms with van der Waals surface area (Å²) >= 11 is 0. The first-order valence-electron chi connectivity index (χ1n) is 6.98. The van der Waals surface area contributed by atoms with Gasteiger partial charge in [0.05, 0.1) is 5.56 Å². The Morgan fingerprint density at radius 1 is 1.42 bits per heavy atom. The Balaban J connectivity index is 2.13. The van der Waals surface area contributed by atoms with Gasteiger partial charge < -0.3 is 10.4 Å². The van der Waals surface area contributed by atoms with E-state index in [9.17, 15) is 15.2 Å². The average Bonchev–Trinajstić information content (AvgIpc) is 3.11. The number of H-pyrrole nitrogens is 1. The molecular weight excluding hydrogens is 308 g/mol. The summed E-state index contributed by atoms with van der Waals surface area (Å²) in [6, 6.07) is 11.0. The van der Waals surface area contributed by atoms with Crippen LogP contribution in [0.4, 0.5) is 5.69 Å². The maximum atomic E-state index is 11.5. The van der Waals surface area contributed by atoms with E-state index in [1.54, 1.807) is 13.0 Å². The standard InChI is InChI=1S/C16H12N6O2/c1-9-13(16(23)24)6-10-4-2-3-5-12(10)14(9)18-8-11(7-17)15-19-21-22-20-15/h2-6,8,18H,1H3,(H,23,24)(H,19,20,21,22). The second-order valence-corrected chi connectivity index (χ2v) is 5.00. The Kier molecular flexibility index (Phi) is 3.91. The highest BCUT2D eigenvalue weighted by Gasteiger charge is 2.14. The molecule has 118 valence electrons. The SMILES string of the molecule is Cc1c(C(=O)O)cc2ccccc2c1NC=C(C#N)c1nn[nH]n1. The third-order valence-electron chi connectivity index (χ3n) is 3.61. The van der Waals surface area contributed by atoms with Crippen molar-refractivity contribution in [3.63, 3.8) is 0 Å². The van der Waals surface area contributed by atoms with Crippen molar-refractivity contribution >= 4 is 28.0 Å². The number of allylic oxidation sites excluding steroid dienone is 1. The Morgan fingerprint density at radius 3 is 2.88 bits per heavy atom. The summed E-state index contributed by atoms with van der Waals surface area (Å²) in [7, 11) is 0. The number of tetrazole rings is 1. The molecule has 3 aromatic rings. The number of nitriles is 1. The highest BCUT2D eigenvalue weighted by atomic mass is 16.4.